The summed E-state index contributed by atoms with van der Waals surface area (Å²) in [7, 11) is 5.57. The lowest BCUT2D eigenvalue weighted by molar-refractivity contribution is 0.144. The molecule has 10 nitrogen and oxygen atoms in total. The van der Waals surface area contributed by atoms with E-state index in [1.54, 1.807) is 14.2 Å². The number of hydrogen-bond donors (Lipinski definition) is 0. The van der Waals surface area contributed by atoms with Crippen molar-refractivity contribution in [1.29, 1.82) is 0 Å². The summed E-state index contributed by atoms with van der Waals surface area (Å²) in [5, 5.41) is 0. The zero-order chi connectivity index (χ0) is 28.9. The van der Waals surface area contributed by atoms with Crippen LogP contribution in [0.4, 0.5) is 11.6 Å². The number of fused-ring (bicyclic) bond motifs is 1. The number of methoxy groups -OCH3 is 2. The van der Waals surface area contributed by atoms with Crippen LogP contribution >= 0.6 is 0 Å². The van der Waals surface area contributed by atoms with Crippen LogP contribution in [0.1, 0.15) is 0 Å². The number of piperazine rings is 2. The van der Waals surface area contributed by atoms with Crippen LogP contribution in [-0.4, -0.2) is 122 Å². The minimum absolute atomic E-state index is 0.779. The van der Waals surface area contributed by atoms with Gasteiger partial charge in [0.15, 0.2) is 0 Å². The van der Waals surface area contributed by atoms with Gasteiger partial charge in [-0.3, -0.25) is 9.80 Å². The standard InChI is InChI=1S/C32H42N8O2/c1-36-24-35-32-28(26-5-7-31(34-23-26)40-14-10-38(11-15-40)17-19-42-3)20-27(21-29(32)36)25-4-6-30(33-22-25)39-12-8-37(9-13-39)16-18-41-2/h4-7,20-24H,8-19H2,1-3H3. The van der Waals surface area contributed by atoms with E-state index in [-0.39, 0.29) is 0 Å². The molecule has 0 amide bonds. The molecule has 0 aliphatic carbocycles. The smallest absolute Gasteiger partial charge is 0.128 e. The molecule has 0 bridgehead atoms. The third kappa shape index (κ3) is 6.27. The number of aromatic nitrogens is 4. The maximum Gasteiger partial charge on any atom is 0.128 e. The SMILES string of the molecule is COCCN1CCN(c2ccc(-c3cc(-c4ccc(N5CCN(CCOC)CC5)nc4)c4ncn(C)c4c3)cn2)CC1. The topological polar surface area (TPSA) is 75.0 Å². The molecule has 4 aromatic rings. The number of anilines is 2. The van der Waals surface area contributed by atoms with Gasteiger partial charge in [0.2, 0.25) is 0 Å². The van der Waals surface area contributed by atoms with E-state index >= 15 is 0 Å². The van der Waals surface area contributed by atoms with Gasteiger partial charge in [0, 0.05) is 116 Å². The fourth-order valence-corrected chi connectivity index (χ4v) is 5.94. The Hall–Kier alpha value is -3.57. The molecule has 2 aliphatic heterocycles. The van der Waals surface area contributed by atoms with Crippen LogP contribution < -0.4 is 9.80 Å². The van der Waals surface area contributed by atoms with Crippen molar-refractivity contribution in [3.8, 4) is 22.3 Å². The Morgan fingerprint density at radius 2 is 1.19 bits per heavy atom. The minimum Gasteiger partial charge on any atom is -0.383 e. The number of nitrogens with zero attached hydrogens (tertiary/aromatic N) is 8. The Morgan fingerprint density at radius 1 is 0.643 bits per heavy atom. The summed E-state index contributed by atoms with van der Waals surface area (Å²) in [5.41, 5.74) is 6.45. The molecule has 0 radical (unpaired) electrons. The number of imidazole rings is 1. The van der Waals surface area contributed by atoms with Crippen molar-refractivity contribution in [3.05, 3.63) is 55.1 Å². The van der Waals surface area contributed by atoms with Gasteiger partial charge in [-0.05, 0) is 42.0 Å². The Kier molecular flexibility index (Phi) is 8.95. The number of rotatable bonds is 10. The quantitative estimate of drug-likeness (QED) is 0.286. The van der Waals surface area contributed by atoms with Crippen molar-refractivity contribution < 1.29 is 9.47 Å². The average molecular weight is 571 g/mol. The number of ether oxygens (including phenoxy) is 2. The Morgan fingerprint density at radius 3 is 1.69 bits per heavy atom. The second-order valence-corrected chi connectivity index (χ2v) is 11.2. The van der Waals surface area contributed by atoms with E-state index in [1.807, 2.05) is 25.8 Å². The molecule has 5 heterocycles. The van der Waals surface area contributed by atoms with Crippen LogP contribution in [0.2, 0.25) is 0 Å². The molecule has 3 aromatic heterocycles. The van der Waals surface area contributed by atoms with E-state index in [4.69, 9.17) is 24.4 Å². The number of pyridine rings is 2. The van der Waals surface area contributed by atoms with Crippen molar-refractivity contribution in [1.82, 2.24) is 29.3 Å². The summed E-state index contributed by atoms with van der Waals surface area (Å²) in [6.07, 6.45) is 5.88. The molecule has 222 valence electrons. The Labute approximate surface area is 248 Å². The van der Waals surface area contributed by atoms with Crippen LogP contribution in [-0.2, 0) is 16.5 Å². The van der Waals surface area contributed by atoms with Gasteiger partial charge in [0.1, 0.15) is 11.6 Å². The molecule has 42 heavy (non-hydrogen) atoms. The Bertz CT molecular complexity index is 1440. The molecule has 0 unspecified atom stereocenters. The molecule has 0 N–H and O–H groups in total. The van der Waals surface area contributed by atoms with Gasteiger partial charge >= 0.3 is 0 Å². The first-order valence-corrected chi connectivity index (χ1v) is 14.9. The highest BCUT2D eigenvalue weighted by molar-refractivity contribution is 5.96. The summed E-state index contributed by atoms with van der Waals surface area (Å²) >= 11 is 0. The van der Waals surface area contributed by atoms with Gasteiger partial charge in [-0.25, -0.2) is 15.0 Å². The first-order valence-electron chi connectivity index (χ1n) is 14.9. The van der Waals surface area contributed by atoms with Crippen molar-refractivity contribution in [2.24, 2.45) is 7.05 Å². The summed E-state index contributed by atoms with van der Waals surface area (Å²) in [6, 6.07) is 13.1. The number of benzene rings is 1. The van der Waals surface area contributed by atoms with Gasteiger partial charge < -0.3 is 23.8 Å². The van der Waals surface area contributed by atoms with Gasteiger partial charge in [-0.2, -0.15) is 0 Å². The van der Waals surface area contributed by atoms with E-state index in [0.717, 1.165) is 124 Å². The first-order chi connectivity index (χ1) is 20.6. The second-order valence-electron chi connectivity index (χ2n) is 11.2. The third-order valence-electron chi connectivity index (χ3n) is 8.59. The van der Waals surface area contributed by atoms with Gasteiger partial charge in [-0.15, -0.1) is 0 Å². The molecule has 0 saturated carbocycles. The molecule has 10 heteroatoms. The molecule has 2 saturated heterocycles. The van der Waals surface area contributed by atoms with E-state index in [2.05, 4.69) is 60.6 Å². The summed E-state index contributed by atoms with van der Waals surface area (Å²) in [4.78, 5) is 24.1. The van der Waals surface area contributed by atoms with E-state index < -0.39 is 0 Å². The van der Waals surface area contributed by atoms with Crippen LogP contribution in [0, 0.1) is 0 Å². The lowest BCUT2D eigenvalue weighted by atomic mass is 9.99. The van der Waals surface area contributed by atoms with Crippen LogP contribution in [0.25, 0.3) is 33.3 Å². The third-order valence-corrected chi connectivity index (χ3v) is 8.59. The first kappa shape index (κ1) is 28.5. The molecule has 2 fully saturated rings. The highest BCUT2D eigenvalue weighted by atomic mass is 16.5. The van der Waals surface area contributed by atoms with E-state index in [0.29, 0.717) is 0 Å². The molecule has 0 spiro atoms. The monoisotopic (exact) mass is 570 g/mol. The van der Waals surface area contributed by atoms with Crippen LogP contribution in [0.3, 0.4) is 0 Å². The summed E-state index contributed by atoms with van der Waals surface area (Å²) in [5.74, 6) is 2.06. The largest absolute Gasteiger partial charge is 0.383 e. The zero-order valence-corrected chi connectivity index (χ0v) is 25.1. The predicted molar refractivity (Wildman–Crippen MR) is 168 cm³/mol. The van der Waals surface area contributed by atoms with Gasteiger partial charge in [0.05, 0.1) is 30.6 Å². The van der Waals surface area contributed by atoms with Crippen molar-refractivity contribution in [2.75, 3.05) is 103 Å². The lowest BCUT2D eigenvalue weighted by Crippen LogP contribution is -2.47. The van der Waals surface area contributed by atoms with E-state index in [1.165, 1.54) is 0 Å². The van der Waals surface area contributed by atoms with Crippen molar-refractivity contribution >= 4 is 22.7 Å². The highest BCUT2D eigenvalue weighted by Crippen LogP contribution is 2.34. The normalized spacial score (nSPS) is 16.9. The maximum absolute atomic E-state index is 5.24. The fraction of sp³-hybridized carbons (Fsp3) is 0.469. The minimum atomic E-state index is 0.779. The van der Waals surface area contributed by atoms with Crippen LogP contribution in [0.5, 0.6) is 0 Å². The predicted octanol–water partition coefficient (Wildman–Crippen LogP) is 3.23. The molecule has 1 aromatic carbocycles. The lowest BCUT2D eigenvalue weighted by Gasteiger charge is -2.35. The zero-order valence-electron chi connectivity index (χ0n) is 25.1. The van der Waals surface area contributed by atoms with E-state index in [9.17, 15) is 0 Å². The number of hydrogen-bond acceptors (Lipinski definition) is 9. The van der Waals surface area contributed by atoms with Gasteiger partial charge in [0.25, 0.3) is 0 Å². The number of aryl methyl sites for hydroxylation is 1. The van der Waals surface area contributed by atoms with Crippen molar-refractivity contribution in [3.63, 3.8) is 0 Å². The molecular weight excluding hydrogens is 528 g/mol. The molecule has 2 aliphatic rings. The fourth-order valence-electron chi connectivity index (χ4n) is 5.94. The molecule has 0 atom stereocenters. The Balaban J connectivity index is 1.19. The summed E-state index contributed by atoms with van der Waals surface area (Å²) in [6.45, 7) is 11.6. The average Bonchev–Trinajstić information content (AvgIpc) is 3.43. The summed E-state index contributed by atoms with van der Waals surface area (Å²) < 4.78 is 12.6. The highest BCUT2D eigenvalue weighted by Gasteiger charge is 2.20. The molecular formula is C32H42N8O2. The maximum atomic E-state index is 5.24. The van der Waals surface area contributed by atoms with Crippen molar-refractivity contribution in [2.45, 2.75) is 0 Å². The van der Waals surface area contributed by atoms with Crippen LogP contribution in [0.15, 0.2) is 55.1 Å². The van der Waals surface area contributed by atoms with Gasteiger partial charge in [-0.1, -0.05) is 0 Å². The second kappa shape index (κ2) is 13.2. The molecule has 6 rings (SSSR count).